The Morgan fingerprint density at radius 2 is 2.00 bits per heavy atom. The van der Waals surface area contributed by atoms with E-state index >= 15 is 0 Å². The van der Waals surface area contributed by atoms with Crippen LogP contribution in [0.5, 0.6) is 11.5 Å². The lowest BCUT2D eigenvalue weighted by atomic mass is 10.0. The van der Waals surface area contributed by atoms with Gasteiger partial charge in [-0.1, -0.05) is 25.4 Å². The highest BCUT2D eigenvalue weighted by atomic mass is 35.5. The van der Waals surface area contributed by atoms with Gasteiger partial charge in [0.1, 0.15) is 6.04 Å². The number of benzene rings is 1. The quantitative estimate of drug-likeness (QED) is 0.772. The Balaban J connectivity index is 2.83. The molecule has 0 saturated heterocycles. The van der Waals surface area contributed by atoms with E-state index in [4.69, 9.17) is 21.1 Å². The zero-order chi connectivity index (χ0) is 16.0. The monoisotopic (exact) mass is 315 g/mol. The van der Waals surface area contributed by atoms with E-state index in [0.717, 1.165) is 5.56 Å². The number of carboxylic acids is 1. The van der Waals surface area contributed by atoms with Gasteiger partial charge in [-0.25, -0.2) is 0 Å². The Bertz CT molecular complexity index is 491. The van der Waals surface area contributed by atoms with Crippen LogP contribution in [0.2, 0.25) is 5.02 Å². The summed E-state index contributed by atoms with van der Waals surface area (Å²) in [6.45, 7) is 4.37. The summed E-state index contributed by atoms with van der Waals surface area (Å²) in [5.74, 6) is 0.445. The molecule has 0 radical (unpaired) electrons. The smallest absolute Gasteiger partial charge is 0.320 e. The number of aliphatic carboxylic acids is 1. The third-order valence-corrected chi connectivity index (χ3v) is 3.33. The molecule has 1 rings (SSSR count). The zero-order valence-electron chi connectivity index (χ0n) is 12.8. The Labute approximate surface area is 130 Å². The Hall–Kier alpha value is -1.46. The molecule has 1 aromatic carbocycles. The van der Waals surface area contributed by atoms with Gasteiger partial charge in [-0.3, -0.25) is 4.79 Å². The number of ether oxygens (including phenoxy) is 2. The second kappa shape index (κ2) is 8.10. The predicted molar refractivity (Wildman–Crippen MR) is 82.3 cm³/mol. The summed E-state index contributed by atoms with van der Waals surface area (Å²) < 4.78 is 10.4. The number of nitrogens with one attached hydrogen (secondary N) is 1. The molecular weight excluding hydrogens is 294 g/mol. The van der Waals surface area contributed by atoms with Crippen molar-refractivity contribution in [3.8, 4) is 11.5 Å². The first kappa shape index (κ1) is 17.6. The van der Waals surface area contributed by atoms with E-state index in [0.29, 0.717) is 35.4 Å². The van der Waals surface area contributed by atoms with Crippen LogP contribution in [0.1, 0.15) is 25.8 Å². The van der Waals surface area contributed by atoms with Gasteiger partial charge in [0.2, 0.25) is 0 Å². The fourth-order valence-corrected chi connectivity index (χ4v) is 2.37. The first-order chi connectivity index (χ1) is 9.88. The minimum Gasteiger partial charge on any atom is -0.493 e. The van der Waals surface area contributed by atoms with Gasteiger partial charge in [-0.2, -0.15) is 0 Å². The molecule has 5 nitrogen and oxygen atoms in total. The van der Waals surface area contributed by atoms with Crippen molar-refractivity contribution in [1.29, 1.82) is 0 Å². The average Bonchev–Trinajstić information content (AvgIpc) is 2.41. The lowest BCUT2D eigenvalue weighted by Crippen LogP contribution is -2.37. The highest BCUT2D eigenvalue weighted by Crippen LogP contribution is 2.35. The van der Waals surface area contributed by atoms with E-state index in [2.05, 4.69) is 5.32 Å². The molecule has 21 heavy (non-hydrogen) atoms. The van der Waals surface area contributed by atoms with E-state index in [1.54, 1.807) is 12.1 Å². The van der Waals surface area contributed by atoms with Crippen molar-refractivity contribution >= 4 is 17.6 Å². The van der Waals surface area contributed by atoms with E-state index < -0.39 is 12.0 Å². The van der Waals surface area contributed by atoms with Crippen LogP contribution in [0.4, 0.5) is 0 Å². The van der Waals surface area contributed by atoms with Crippen molar-refractivity contribution in [2.75, 3.05) is 14.2 Å². The molecule has 0 heterocycles. The molecule has 0 aliphatic rings. The standard InChI is InChI=1S/C15H22ClNO4/c1-9(2)5-12(15(18)19)17-8-10-6-11(16)14(21-4)13(7-10)20-3/h6-7,9,12,17H,5,8H2,1-4H3,(H,18,19)/t12-/m0/s1. The largest absolute Gasteiger partial charge is 0.493 e. The third kappa shape index (κ3) is 5.10. The maximum absolute atomic E-state index is 11.2. The van der Waals surface area contributed by atoms with Crippen molar-refractivity contribution in [2.24, 2.45) is 5.92 Å². The number of hydrogen-bond donors (Lipinski definition) is 2. The minimum absolute atomic E-state index is 0.299. The molecular formula is C15H22ClNO4. The lowest BCUT2D eigenvalue weighted by molar-refractivity contribution is -0.140. The number of methoxy groups -OCH3 is 2. The van der Waals surface area contributed by atoms with Gasteiger partial charge >= 0.3 is 5.97 Å². The Morgan fingerprint density at radius 1 is 1.33 bits per heavy atom. The Kier molecular flexibility index (Phi) is 6.78. The molecule has 118 valence electrons. The predicted octanol–water partition coefficient (Wildman–Crippen LogP) is 2.95. The molecule has 0 unspecified atom stereocenters. The average molecular weight is 316 g/mol. The summed E-state index contributed by atoms with van der Waals surface area (Å²) in [5.41, 5.74) is 0.840. The maximum atomic E-state index is 11.2. The van der Waals surface area contributed by atoms with Crippen molar-refractivity contribution in [3.63, 3.8) is 0 Å². The number of carbonyl (C=O) groups is 1. The summed E-state index contributed by atoms with van der Waals surface area (Å²) in [4.78, 5) is 11.2. The van der Waals surface area contributed by atoms with Crippen LogP contribution in [-0.2, 0) is 11.3 Å². The molecule has 1 aromatic rings. The van der Waals surface area contributed by atoms with Crippen molar-refractivity contribution in [3.05, 3.63) is 22.7 Å². The summed E-state index contributed by atoms with van der Waals surface area (Å²) in [6.07, 6.45) is 0.566. The van der Waals surface area contributed by atoms with Gasteiger partial charge in [0.15, 0.2) is 11.5 Å². The zero-order valence-corrected chi connectivity index (χ0v) is 13.5. The molecule has 0 aliphatic heterocycles. The van der Waals surface area contributed by atoms with Crippen molar-refractivity contribution < 1.29 is 19.4 Å². The first-order valence-corrected chi connectivity index (χ1v) is 7.13. The fraction of sp³-hybridized carbons (Fsp3) is 0.533. The van der Waals surface area contributed by atoms with E-state index in [-0.39, 0.29) is 0 Å². The molecule has 0 saturated carbocycles. The second-order valence-corrected chi connectivity index (χ2v) is 5.62. The maximum Gasteiger partial charge on any atom is 0.320 e. The van der Waals surface area contributed by atoms with Gasteiger partial charge in [0.25, 0.3) is 0 Å². The molecule has 0 bridgehead atoms. The normalized spacial score (nSPS) is 12.3. The van der Waals surface area contributed by atoms with Crippen molar-refractivity contribution in [2.45, 2.75) is 32.9 Å². The number of hydrogen-bond acceptors (Lipinski definition) is 4. The first-order valence-electron chi connectivity index (χ1n) is 6.75. The molecule has 6 heteroatoms. The van der Waals surface area contributed by atoms with Gasteiger partial charge in [0, 0.05) is 6.54 Å². The molecule has 0 aliphatic carbocycles. The van der Waals surface area contributed by atoms with Crippen LogP contribution in [0.3, 0.4) is 0 Å². The van der Waals surface area contributed by atoms with Crippen molar-refractivity contribution in [1.82, 2.24) is 5.32 Å². The minimum atomic E-state index is -0.852. The second-order valence-electron chi connectivity index (χ2n) is 5.21. The molecule has 2 N–H and O–H groups in total. The molecule has 0 aromatic heterocycles. The molecule has 0 spiro atoms. The summed E-state index contributed by atoms with van der Waals surface area (Å²) >= 11 is 6.13. The fourth-order valence-electron chi connectivity index (χ4n) is 2.06. The number of carboxylic acid groups (broad SMARTS) is 1. The highest BCUT2D eigenvalue weighted by Gasteiger charge is 2.19. The number of rotatable bonds is 8. The van der Waals surface area contributed by atoms with Crippen LogP contribution >= 0.6 is 11.6 Å². The van der Waals surface area contributed by atoms with E-state index in [1.165, 1.54) is 14.2 Å². The van der Waals surface area contributed by atoms with E-state index in [1.807, 2.05) is 13.8 Å². The van der Waals surface area contributed by atoms with Crippen LogP contribution in [0.25, 0.3) is 0 Å². The molecule has 0 amide bonds. The SMILES string of the molecule is COc1cc(CN[C@@H](CC(C)C)C(=O)O)cc(Cl)c1OC. The third-order valence-electron chi connectivity index (χ3n) is 3.05. The topological polar surface area (TPSA) is 67.8 Å². The van der Waals surface area contributed by atoms with Crippen LogP contribution in [0.15, 0.2) is 12.1 Å². The Morgan fingerprint density at radius 3 is 2.48 bits per heavy atom. The van der Waals surface area contributed by atoms with E-state index in [9.17, 15) is 9.90 Å². The van der Waals surface area contributed by atoms with Gasteiger partial charge in [-0.15, -0.1) is 0 Å². The van der Waals surface area contributed by atoms with Crippen LogP contribution < -0.4 is 14.8 Å². The molecule has 0 fully saturated rings. The van der Waals surface area contributed by atoms with Crippen LogP contribution in [-0.4, -0.2) is 31.3 Å². The summed E-state index contributed by atoms with van der Waals surface area (Å²) in [5, 5.41) is 12.7. The van der Waals surface area contributed by atoms with Gasteiger partial charge in [-0.05, 0) is 30.0 Å². The summed E-state index contributed by atoms with van der Waals surface area (Å²) in [6, 6.07) is 2.94. The van der Waals surface area contributed by atoms with Gasteiger partial charge in [0.05, 0.1) is 19.2 Å². The van der Waals surface area contributed by atoms with Crippen LogP contribution in [0, 0.1) is 5.92 Å². The molecule has 1 atom stereocenters. The summed E-state index contributed by atoms with van der Waals surface area (Å²) in [7, 11) is 3.05. The van der Waals surface area contributed by atoms with Gasteiger partial charge < -0.3 is 19.9 Å². The number of halogens is 1. The lowest BCUT2D eigenvalue weighted by Gasteiger charge is -2.17. The highest BCUT2D eigenvalue weighted by molar-refractivity contribution is 6.32.